The maximum atomic E-state index is 13.2. The number of carbonyl (C=O) groups is 2. The summed E-state index contributed by atoms with van der Waals surface area (Å²) in [6.07, 6.45) is 15.9. The molecule has 8 atom stereocenters. The fraction of sp³-hybridized carbons (Fsp3) is 0.537. The Bertz CT molecular complexity index is 1500. The zero-order valence-electron chi connectivity index (χ0n) is 32.3. The van der Waals surface area contributed by atoms with Gasteiger partial charge in [-0.15, -0.1) is 11.3 Å². The Morgan fingerprint density at radius 2 is 1.75 bits per heavy atom. The molecule has 8 unspecified atom stereocenters. The molecule has 1 aliphatic rings. The number of ether oxygens (including phenoxy) is 3. The van der Waals surface area contributed by atoms with Gasteiger partial charge in [0.1, 0.15) is 5.01 Å². The normalized spacial score (nSPS) is 30.9. The lowest BCUT2D eigenvalue weighted by Crippen LogP contribution is -2.30. The van der Waals surface area contributed by atoms with Crippen molar-refractivity contribution in [3.63, 3.8) is 0 Å². The van der Waals surface area contributed by atoms with Gasteiger partial charge in [0.05, 0.1) is 24.0 Å². The van der Waals surface area contributed by atoms with Crippen molar-refractivity contribution >= 4 is 23.4 Å². The van der Waals surface area contributed by atoms with Crippen LogP contribution in [0.15, 0.2) is 88.4 Å². The van der Waals surface area contributed by atoms with Crippen LogP contribution >= 0.6 is 11.3 Å². The lowest BCUT2D eigenvalue weighted by atomic mass is 9.91. The van der Waals surface area contributed by atoms with Crippen molar-refractivity contribution < 1.29 is 34.0 Å². The standard InChI is InChI=1S/C41H60N2O7S/c1-25(2)20-36(49-41(47)42-10)40-43-33(24-51-40)39-30(7)16-13-15-29(6)38(48-11)32(9)34(44)19-18-27(4)21-28(5)22-31(8)35(45)23-26(3)14-12-17-37(46)50-39/h12-13,15-19,21-25,30-32,34-36,38-39,44-45H,14,20H2,1-11H3,(H,42,47)/b16-13+,17-12+,19-18+,26-23+,27-21?,28-22?,29-15+. The lowest BCUT2D eigenvalue weighted by Gasteiger charge is -2.26. The van der Waals surface area contributed by atoms with Crippen LogP contribution in [0.1, 0.15) is 98.1 Å². The predicted octanol–water partition coefficient (Wildman–Crippen LogP) is 8.67. The number of amides is 1. The molecule has 1 aliphatic heterocycles. The van der Waals surface area contributed by atoms with Crippen molar-refractivity contribution in [3.8, 4) is 0 Å². The van der Waals surface area contributed by atoms with Gasteiger partial charge < -0.3 is 29.7 Å². The molecule has 10 heteroatoms. The van der Waals surface area contributed by atoms with Gasteiger partial charge in [-0.2, -0.15) is 0 Å². The fourth-order valence-corrected chi connectivity index (χ4v) is 6.70. The lowest BCUT2D eigenvalue weighted by molar-refractivity contribution is -0.145. The van der Waals surface area contributed by atoms with E-state index in [9.17, 15) is 19.8 Å². The highest BCUT2D eigenvalue weighted by Crippen LogP contribution is 2.34. The summed E-state index contributed by atoms with van der Waals surface area (Å²) in [5.74, 6) is -0.937. The summed E-state index contributed by atoms with van der Waals surface area (Å²) in [6, 6.07) is 0. The van der Waals surface area contributed by atoms with Crippen LogP contribution in [0.4, 0.5) is 4.79 Å². The van der Waals surface area contributed by atoms with Crippen LogP contribution in [0, 0.1) is 23.7 Å². The van der Waals surface area contributed by atoms with Crippen molar-refractivity contribution in [1.82, 2.24) is 10.3 Å². The van der Waals surface area contributed by atoms with Gasteiger partial charge in [0, 0.05) is 43.4 Å². The summed E-state index contributed by atoms with van der Waals surface area (Å²) in [5, 5.41) is 26.9. The number of allylic oxidation sites excluding steroid dienone is 8. The summed E-state index contributed by atoms with van der Waals surface area (Å²) >= 11 is 1.36. The van der Waals surface area contributed by atoms with Crippen molar-refractivity contribution in [3.05, 3.63) is 99.1 Å². The summed E-state index contributed by atoms with van der Waals surface area (Å²) < 4.78 is 17.5. The van der Waals surface area contributed by atoms with E-state index in [1.165, 1.54) is 24.5 Å². The number of hydrogen-bond acceptors (Lipinski definition) is 9. The van der Waals surface area contributed by atoms with Crippen LogP contribution in [0.3, 0.4) is 0 Å². The van der Waals surface area contributed by atoms with Gasteiger partial charge in [-0.1, -0.05) is 106 Å². The number of carbonyl (C=O) groups excluding carboxylic acids is 2. The van der Waals surface area contributed by atoms with E-state index in [0.717, 1.165) is 22.3 Å². The van der Waals surface area contributed by atoms with Crippen LogP contribution in [-0.4, -0.2) is 59.7 Å². The molecule has 1 aromatic heterocycles. The highest BCUT2D eigenvalue weighted by atomic mass is 32.1. The Morgan fingerprint density at radius 1 is 1.04 bits per heavy atom. The number of nitrogens with zero attached hydrogens (tertiary/aromatic N) is 1. The maximum Gasteiger partial charge on any atom is 0.407 e. The van der Waals surface area contributed by atoms with E-state index in [-0.39, 0.29) is 29.8 Å². The third kappa shape index (κ3) is 14.9. The molecule has 0 aromatic carbocycles. The van der Waals surface area contributed by atoms with Gasteiger partial charge >= 0.3 is 12.1 Å². The number of hydrogen-bond donors (Lipinski definition) is 3. The first-order valence-corrected chi connectivity index (χ1v) is 18.6. The smallest absolute Gasteiger partial charge is 0.407 e. The zero-order chi connectivity index (χ0) is 38.2. The molecule has 0 bridgehead atoms. The molecule has 0 radical (unpaired) electrons. The second-order valence-corrected chi connectivity index (χ2v) is 14.9. The number of thiazole rings is 1. The van der Waals surface area contributed by atoms with Gasteiger partial charge in [-0.25, -0.2) is 14.6 Å². The number of esters is 1. The number of cyclic esters (lactones) is 1. The Balaban J connectivity index is 2.55. The average Bonchev–Trinajstić information content (AvgIpc) is 3.55. The van der Waals surface area contributed by atoms with E-state index in [1.807, 2.05) is 104 Å². The minimum absolute atomic E-state index is 0.143. The quantitative estimate of drug-likeness (QED) is 0.197. The van der Waals surface area contributed by atoms with Gasteiger partial charge in [-0.3, -0.25) is 0 Å². The fourth-order valence-electron chi connectivity index (χ4n) is 5.82. The molecule has 0 fully saturated rings. The molecule has 0 saturated heterocycles. The van der Waals surface area contributed by atoms with Crippen molar-refractivity contribution in [2.24, 2.45) is 23.7 Å². The first-order chi connectivity index (χ1) is 24.1. The topological polar surface area (TPSA) is 127 Å². The minimum Gasteiger partial charge on any atom is -0.452 e. The van der Waals surface area contributed by atoms with Crippen molar-refractivity contribution in [2.75, 3.05) is 14.2 Å². The highest BCUT2D eigenvalue weighted by molar-refractivity contribution is 7.09. The number of methoxy groups -OCH3 is 1. The van der Waals surface area contributed by atoms with Crippen LogP contribution in [0.25, 0.3) is 0 Å². The van der Waals surface area contributed by atoms with Crippen molar-refractivity contribution in [1.29, 1.82) is 0 Å². The molecule has 9 nitrogen and oxygen atoms in total. The van der Waals surface area contributed by atoms with E-state index in [4.69, 9.17) is 19.2 Å². The second kappa shape index (κ2) is 21.7. The summed E-state index contributed by atoms with van der Waals surface area (Å²) in [7, 11) is 3.14. The molecule has 3 N–H and O–H groups in total. The van der Waals surface area contributed by atoms with Crippen LogP contribution in [0.2, 0.25) is 0 Å². The molecule has 282 valence electrons. The SMILES string of the molecule is CNC(=O)OC(CC(C)C)c1nc(C2OC(=O)/C=C/C/C(C)=C/C(O)C(C)C=C(C)C=C(C)/C=C/C(O)C(C)C(OC)/C(C)=C/C=C/C2C)cs1. The molecule has 0 aliphatic carbocycles. The third-order valence-corrected chi connectivity index (χ3v) is 9.64. The third-order valence-electron chi connectivity index (χ3n) is 8.68. The molecule has 2 heterocycles. The van der Waals surface area contributed by atoms with Crippen LogP contribution in [0.5, 0.6) is 0 Å². The Labute approximate surface area is 309 Å². The molecular weight excluding hydrogens is 665 g/mol. The van der Waals surface area contributed by atoms with Crippen LogP contribution in [-0.2, 0) is 19.0 Å². The Morgan fingerprint density at radius 3 is 2.39 bits per heavy atom. The predicted molar refractivity (Wildman–Crippen MR) is 206 cm³/mol. The van der Waals surface area contributed by atoms with Crippen LogP contribution < -0.4 is 5.32 Å². The summed E-state index contributed by atoms with van der Waals surface area (Å²) in [5.41, 5.74) is 4.37. The van der Waals surface area contributed by atoms with E-state index in [0.29, 0.717) is 23.5 Å². The maximum absolute atomic E-state index is 13.2. The molecular formula is C41H60N2O7S. The summed E-state index contributed by atoms with van der Waals surface area (Å²) in [6.45, 7) is 17.8. The van der Waals surface area contributed by atoms with E-state index < -0.39 is 36.5 Å². The Kier molecular flexibility index (Phi) is 18.6. The molecule has 51 heavy (non-hydrogen) atoms. The Hall–Kier alpha value is -3.57. The monoisotopic (exact) mass is 724 g/mol. The molecule has 0 saturated carbocycles. The van der Waals surface area contributed by atoms with Gasteiger partial charge in [0.25, 0.3) is 0 Å². The number of aliphatic hydroxyl groups is 2. The number of nitrogens with one attached hydrogen (secondary N) is 1. The first-order valence-electron chi connectivity index (χ1n) is 17.7. The van der Waals surface area contributed by atoms with E-state index >= 15 is 0 Å². The highest BCUT2D eigenvalue weighted by Gasteiger charge is 2.28. The molecule has 0 spiro atoms. The molecule has 1 amide bonds. The second-order valence-electron chi connectivity index (χ2n) is 14.0. The largest absolute Gasteiger partial charge is 0.452 e. The van der Waals surface area contributed by atoms with Gasteiger partial charge in [-0.05, 0) is 52.0 Å². The van der Waals surface area contributed by atoms with E-state index in [1.54, 1.807) is 25.3 Å². The number of rotatable bonds is 6. The zero-order valence-corrected chi connectivity index (χ0v) is 33.1. The molecule has 2 rings (SSSR count). The first kappa shape index (κ1) is 43.6. The molecule has 1 aromatic rings. The minimum atomic E-state index is -0.754. The number of aromatic nitrogens is 1. The van der Waals surface area contributed by atoms with Gasteiger partial charge in [0.15, 0.2) is 12.2 Å². The van der Waals surface area contributed by atoms with Gasteiger partial charge in [0.2, 0.25) is 0 Å². The van der Waals surface area contributed by atoms with E-state index in [2.05, 4.69) is 5.32 Å². The summed E-state index contributed by atoms with van der Waals surface area (Å²) in [4.78, 5) is 30.2. The average molecular weight is 725 g/mol. The number of alkyl carbamates (subject to hydrolysis) is 1. The van der Waals surface area contributed by atoms with Crippen molar-refractivity contribution in [2.45, 2.75) is 106 Å². The number of aliphatic hydroxyl groups excluding tert-OH is 2.